The van der Waals surface area contributed by atoms with Gasteiger partial charge in [-0.25, -0.2) is 0 Å². The number of Topliss-reactive ketones (excluding diaryl/α,β-unsaturated/α-hetero) is 1. The second kappa shape index (κ2) is 5.28. The van der Waals surface area contributed by atoms with Crippen molar-refractivity contribution in [1.29, 1.82) is 0 Å². The van der Waals surface area contributed by atoms with Crippen molar-refractivity contribution >= 4 is 16.7 Å². The van der Waals surface area contributed by atoms with E-state index in [-0.39, 0.29) is 5.78 Å². The second-order valence-electron chi connectivity index (χ2n) is 5.92. The summed E-state index contributed by atoms with van der Waals surface area (Å²) in [5, 5.41) is 1.09. The SMILES string of the molecule is COCCN1Cc2cc3c(C(C)=O)c(C)n(C)c3cc2C1. The molecule has 0 amide bonds. The number of hydrogen-bond donors (Lipinski definition) is 0. The Morgan fingerprint density at radius 3 is 2.57 bits per heavy atom. The van der Waals surface area contributed by atoms with Gasteiger partial charge in [0.15, 0.2) is 5.78 Å². The summed E-state index contributed by atoms with van der Waals surface area (Å²) in [4.78, 5) is 14.3. The van der Waals surface area contributed by atoms with E-state index in [2.05, 4.69) is 21.6 Å². The van der Waals surface area contributed by atoms with Gasteiger partial charge in [-0.15, -0.1) is 0 Å². The van der Waals surface area contributed by atoms with Crippen LogP contribution in [0.1, 0.15) is 34.1 Å². The molecule has 0 aliphatic carbocycles. The summed E-state index contributed by atoms with van der Waals surface area (Å²) in [6.45, 7) is 7.28. The minimum atomic E-state index is 0.146. The quantitative estimate of drug-likeness (QED) is 0.810. The van der Waals surface area contributed by atoms with Crippen molar-refractivity contribution in [2.45, 2.75) is 26.9 Å². The third-order valence-electron chi connectivity index (χ3n) is 4.57. The molecule has 1 aromatic heterocycles. The van der Waals surface area contributed by atoms with E-state index in [0.29, 0.717) is 0 Å². The van der Waals surface area contributed by atoms with Crippen LogP contribution in [-0.4, -0.2) is 35.5 Å². The maximum Gasteiger partial charge on any atom is 0.162 e. The zero-order chi connectivity index (χ0) is 15.1. The highest BCUT2D eigenvalue weighted by Crippen LogP contribution is 2.32. The highest BCUT2D eigenvalue weighted by atomic mass is 16.5. The van der Waals surface area contributed by atoms with E-state index < -0.39 is 0 Å². The normalized spacial score (nSPS) is 14.9. The van der Waals surface area contributed by atoms with Gasteiger partial charge in [-0.3, -0.25) is 9.69 Å². The molecule has 0 spiro atoms. The van der Waals surface area contributed by atoms with Crippen molar-refractivity contribution in [3.8, 4) is 0 Å². The Balaban J connectivity index is 2.05. The molecule has 3 rings (SSSR count). The highest BCUT2D eigenvalue weighted by molar-refractivity contribution is 6.08. The number of ether oxygens (including phenoxy) is 1. The van der Waals surface area contributed by atoms with Crippen molar-refractivity contribution in [3.63, 3.8) is 0 Å². The van der Waals surface area contributed by atoms with Gasteiger partial charge in [-0.1, -0.05) is 0 Å². The van der Waals surface area contributed by atoms with E-state index >= 15 is 0 Å². The summed E-state index contributed by atoms with van der Waals surface area (Å²) in [7, 11) is 3.77. The molecule has 0 atom stereocenters. The zero-order valence-corrected chi connectivity index (χ0v) is 13.2. The van der Waals surface area contributed by atoms with Crippen molar-refractivity contribution in [2.24, 2.45) is 7.05 Å². The number of hydrogen-bond acceptors (Lipinski definition) is 3. The standard InChI is InChI=1S/C17H22N2O2/c1-11-17(12(2)20)15-7-13-9-19(5-6-21-4)10-14(13)8-16(15)18(11)3/h7-8H,5-6,9-10H2,1-4H3. The highest BCUT2D eigenvalue weighted by Gasteiger charge is 2.23. The number of aryl methyl sites for hydroxylation is 1. The molecular weight excluding hydrogens is 264 g/mol. The molecule has 1 aromatic carbocycles. The molecule has 2 heterocycles. The Hall–Kier alpha value is -1.65. The lowest BCUT2D eigenvalue weighted by Gasteiger charge is -2.13. The van der Waals surface area contributed by atoms with Crippen LogP contribution in [0.25, 0.3) is 10.9 Å². The van der Waals surface area contributed by atoms with E-state index in [1.807, 2.05) is 14.0 Å². The summed E-state index contributed by atoms with van der Waals surface area (Å²) >= 11 is 0. The number of methoxy groups -OCH3 is 1. The van der Waals surface area contributed by atoms with Crippen LogP contribution in [0.3, 0.4) is 0 Å². The summed E-state index contributed by atoms with van der Waals surface area (Å²) in [6, 6.07) is 4.46. The Bertz CT molecular complexity index is 715. The minimum Gasteiger partial charge on any atom is -0.383 e. The molecule has 0 unspecified atom stereocenters. The topological polar surface area (TPSA) is 34.5 Å². The Kier molecular flexibility index (Phi) is 3.59. The van der Waals surface area contributed by atoms with Gasteiger partial charge in [0.05, 0.1) is 6.61 Å². The molecule has 4 heteroatoms. The molecule has 112 valence electrons. The van der Waals surface area contributed by atoms with Gasteiger partial charge in [0, 0.05) is 56.0 Å². The third kappa shape index (κ3) is 2.28. The molecular formula is C17H22N2O2. The molecule has 0 fully saturated rings. The van der Waals surface area contributed by atoms with Gasteiger partial charge in [0.25, 0.3) is 0 Å². The number of carbonyl (C=O) groups excluding carboxylic acids is 1. The zero-order valence-electron chi connectivity index (χ0n) is 13.2. The first-order chi connectivity index (χ1) is 10.0. The number of fused-ring (bicyclic) bond motifs is 2. The van der Waals surface area contributed by atoms with Crippen LogP contribution in [0.4, 0.5) is 0 Å². The fourth-order valence-corrected chi connectivity index (χ4v) is 3.35. The van der Waals surface area contributed by atoms with Crippen molar-refractivity contribution < 1.29 is 9.53 Å². The predicted molar refractivity (Wildman–Crippen MR) is 83.7 cm³/mol. The molecule has 1 aliphatic heterocycles. The van der Waals surface area contributed by atoms with Crippen LogP contribution in [0.5, 0.6) is 0 Å². The number of rotatable bonds is 4. The summed E-state index contributed by atoms with van der Waals surface area (Å²) in [5.41, 5.74) is 5.79. The molecule has 0 N–H and O–H groups in total. The molecule has 4 nitrogen and oxygen atoms in total. The predicted octanol–water partition coefficient (Wildman–Crippen LogP) is 2.65. The van der Waals surface area contributed by atoms with Crippen molar-refractivity contribution in [2.75, 3.05) is 20.3 Å². The lowest BCUT2D eigenvalue weighted by Crippen LogP contribution is -2.21. The minimum absolute atomic E-state index is 0.146. The van der Waals surface area contributed by atoms with Crippen LogP contribution in [0.2, 0.25) is 0 Å². The summed E-state index contributed by atoms with van der Waals surface area (Å²) in [5.74, 6) is 0.146. The monoisotopic (exact) mass is 286 g/mol. The van der Waals surface area contributed by atoms with Crippen LogP contribution >= 0.6 is 0 Å². The average Bonchev–Trinajstić information content (AvgIpc) is 2.94. The van der Waals surface area contributed by atoms with Gasteiger partial charge in [0.2, 0.25) is 0 Å². The number of carbonyl (C=O) groups is 1. The van der Waals surface area contributed by atoms with Crippen molar-refractivity contribution in [1.82, 2.24) is 9.47 Å². The molecule has 0 saturated heterocycles. The molecule has 0 saturated carbocycles. The van der Waals surface area contributed by atoms with Crippen LogP contribution in [-0.2, 0) is 24.9 Å². The largest absolute Gasteiger partial charge is 0.383 e. The number of aromatic nitrogens is 1. The fourth-order valence-electron chi connectivity index (χ4n) is 3.35. The smallest absolute Gasteiger partial charge is 0.162 e. The van der Waals surface area contributed by atoms with Crippen LogP contribution in [0, 0.1) is 6.92 Å². The second-order valence-corrected chi connectivity index (χ2v) is 5.92. The van der Waals surface area contributed by atoms with E-state index in [9.17, 15) is 4.79 Å². The Morgan fingerprint density at radius 2 is 1.95 bits per heavy atom. The number of benzene rings is 1. The Morgan fingerprint density at radius 1 is 1.29 bits per heavy atom. The number of ketones is 1. The van der Waals surface area contributed by atoms with E-state index in [1.165, 1.54) is 11.1 Å². The first-order valence-electron chi connectivity index (χ1n) is 7.36. The van der Waals surface area contributed by atoms with Gasteiger partial charge in [0.1, 0.15) is 0 Å². The molecule has 0 radical (unpaired) electrons. The lowest BCUT2D eigenvalue weighted by molar-refractivity contribution is 0.101. The van der Waals surface area contributed by atoms with Gasteiger partial charge in [-0.05, 0) is 37.1 Å². The van der Waals surface area contributed by atoms with E-state index in [4.69, 9.17) is 4.74 Å². The molecule has 0 bridgehead atoms. The first kappa shape index (κ1) is 14.3. The van der Waals surface area contributed by atoms with Crippen LogP contribution < -0.4 is 0 Å². The van der Waals surface area contributed by atoms with Gasteiger partial charge in [-0.2, -0.15) is 0 Å². The van der Waals surface area contributed by atoms with E-state index in [0.717, 1.165) is 48.4 Å². The summed E-state index contributed by atoms with van der Waals surface area (Å²) in [6.07, 6.45) is 0. The van der Waals surface area contributed by atoms with Gasteiger partial charge >= 0.3 is 0 Å². The maximum absolute atomic E-state index is 12.0. The molecule has 1 aliphatic rings. The van der Waals surface area contributed by atoms with Crippen LogP contribution in [0.15, 0.2) is 12.1 Å². The molecule has 2 aromatic rings. The average molecular weight is 286 g/mol. The third-order valence-corrected chi connectivity index (χ3v) is 4.57. The molecule has 21 heavy (non-hydrogen) atoms. The summed E-state index contributed by atoms with van der Waals surface area (Å²) < 4.78 is 7.29. The first-order valence-corrected chi connectivity index (χ1v) is 7.36. The van der Waals surface area contributed by atoms with Gasteiger partial charge < -0.3 is 9.30 Å². The lowest BCUT2D eigenvalue weighted by atomic mass is 10.0. The van der Waals surface area contributed by atoms with Crippen molar-refractivity contribution in [3.05, 3.63) is 34.5 Å². The maximum atomic E-state index is 12.0. The fraction of sp³-hybridized carbons (Fsp3) is 0.471. The Labute approximate surface area is 125 Å². The number of nitrogens with zero attached hydrogens (tertiary/aromatic N) is 2. The van der Waals surface area contributed by atoms with E-state index in [1.54, 1.807) is 14.0 Å².